The Bertz CT molecular complexity index is 389. The largest absolute Gasteiger partial charge is 0.481 e. The zero-order valence-corrected chi connectivity index (χ0v) is 11.6. The van der Waals surface area contributed by atoms with E-state index in [-0.39, 0.29) is 18.6 Å². The van der Waals surface area contributed by atoms with Crippen molar-refractivity contribution >= 4 is 12.0 Å². The highest BCUT2D eigenvalue weighted by molar-refractivity contribution is 5.80. The molecule has 2 N–H and O–H groups in total. The first-order valence-electron chi connectivity index (χ1n) is 6.74. The number of nitrogens with one attached hydrogen (secondary N) is 1. The number of carboxylic acids is 1. The molecule has 1 saturated heterocycles. The molecule has 0 radical (unpaired) electrons. The standard InChI is InChI=1S/C14H22N2O3/c1-4-7-11(5-2)15-13(19)16-9-8-14(6-3,10-16)12(17)18/h2,11H,4,6-10H2,1,3H3,(H,15,19)(H,17,18). The lowest BCUT2D eigenvalue weighted by Crippen LogP contribution is -2.45. The summed E-state index contributed by atoms with van der Waals surface area (Å²) in [4.78, 5) is 24.9. The molecule has 2 amide bonds. The number of rotatable bonds is 5. The Morgan fingerprint density at radius 2 is 2.21 bits per heavy atom. The van der Waals surface area contributed by atoms with Crippen molar-refractivity contribution in [3.05, 3.63) is 0 Å². The third-order valence-electron chi connectivity index (χ3n) is 3.85. The summed E-state index contributed by atoms with van der Waals surface area (Å²) < 4.78 is 0. The fourth-order valence-corrected chi connectivity index (χ4v) is 2.39. The number of terminal acetylenes is 1. The fraction of sp³-hybridized carbons (Fsp3) is 0.714. The molecule has 1 fully saturated rings. The van der Waals surface area contributed by atoms with Crippen molar-refractivity contribution in [1.82, 2.24) is 10.2 Å². The topological polar surface area (TPSA) is 69.6 Å². The van der Waals surface area contributed by atoms with Crippen LogP contribution in [0.5, 0.6) is 0 Å². The summed E-state index contributed by atoms with van der Waals surface area (Å²) in [5.74, 6) is 1.71. The van der Waals surface area contributed by atoms with Gasteiger partial charge in [0.25, 0.3) is 0 Å². The lowest BCUT2D eigenvalue weighted by molar-refractivity contribution is -0.148. The summed E-state index contributed by atoms with van der Waals surface area (Å²) in [6.45, 7) is 4.57. The third kappa shape index (κ3) is 3.40. The maximum absolute atomic E-state index is 12.0. The third-order valence-corrected chi connectivity index (χ3v) is 3.85. The molecule has 0 aliphatic carbocycles. The first-order valence-corrected chi connectivity index (χ1v) is 6.74. The van der Waals surface area contributed by atoms with Gasteiger partial charge in [-0.25, -0.2) is 4.79 Å². The maximum atomic E-state index is 12.0. The zero-order valence-electron chi connectivity index (χ0n) is 11.6. The van der Waals surface area contributed by atoms with Crippen molar-refractivity contribution in [1.29, 1.82) is 0 Å². The van der Waals surface area contributed by atoms with E-state index in [0.717, 1.165) is 12.8 Å². The Morgan fingerprint density at radius 3 is 2.63 bits per heavy atom. The summed E-state index contributed by atoms with van der Waals surface area (Å²) in [5, 5.41) is 12.1. The van der Waals surface area contributed by atoms with Crippen LogP contribution in [0.15, 0.2) is 0 Å². The molecule has 2 atom stereocenters. The van der Waals surface area contributed by atoms with Crippen LogP contribution in [-0.2, 0) is 4.79 Å². The highest BCUT2D eigenvalue weighted by Crippen LogP contribution is 2.34. The molecule has 1 heterocycles. The normalized spacial score (nSPS) is 23.7. The van der Waals surface area contributed by atoms with E-state index in [1.807, 2.05) is 13.8 Å². The van der Waals surface area contributed by atoms with Crippen LogP contribution < -0.4 is 5.32 Å². The fourth-order valence-electron chi connectivity index (χ4n) is 2.39. The van der Waals surface area contributed by atoms with E-state index >= 15 is 0 Å². The van der Waals surface area contributed by atoms with Crippen LogP contribution >= 0.6 is 0 Å². The van der Waals surface area contributed by atoms with Gasteiger partial charge in [0.05, 0.1) is 11.5 Å². The van der Waals surface area contributed by atoms with E-state index in [4.69, 9.17) is 6.42 Å². The molecule has 0 aromatic rings. The molecular weight excluding hydrogens is 244 g/mol. The second-order valence-electron chi connectivity index (χ2n) is 5.07. The van der Waals surface area contributed by atoms with Crippen LogP contribution in [0.4, 0.5) is 4.79 Å². The van der Waals surface area contributed by atoms with Crippen molar-refractivity contribution in [3.8, 4) is 12.3 Å². The van der Waals surface area contributed by atoms with E-state index in [0.29, 0.717) is 19.4 Å². The average molecular weight is 266 g/mol. The Kier molecular flexibility index (Phi) is 5.22. The molecule has 2 unspecified atom stereocenters. The second-order valence-corrected chi connectivity index (χ2v) is 5.07. The van der Waals surface area contributed by atoms with Gasteiger partial charge in [-0.2, -0.15) is 0 Å². The van der Waals surface area contributed by atoms with Crippen molar-refractivity contribution in [2.24, 2.45) is 5.41 Å². The average Bonchev–Trinajstić information content (AvgIpc) is 2.84. The molecule has 1 rings (SSSR count). The number of urea groups is 1. The summed E-state index contributed by atoms with van der Waals surface area (Å²) in [6, 6.07) is -0.535. The summed E-state index contributed by atoms with van der Waals surface area (Å²) in [6.07, 6.45) is 8.01. The number of likely N-dealkylation sites (tertiary alicyclic amines) is 1. The number of nitrogens with zero attached hydrogens (tertiary/aromatic N) is 1. The van der Waals surface area contributed by atoms with Crippen LogP contribution in [0.25, 0.3) is 0 Å². The smallest absolute Gasteiger partial charge is 0.318 e. The van der Waals surface area contributed by atoms with E-state index in [1.54, 1.807) is 4.90 Å². The van der Waals surface area contributed by atoms with Gasteiger partial charge in [0, 0.05) is 13.1 Å². The maximum Gasteiger partial charge on any atom is 0.318 e. The number of hydrogen-bond donors (Lipinski definition) is 2. The highest BCUT2D eigenvalue weighted by Gasteiger charge is 2.44. The van der Waals surface area contributed by atoms with Gasteiger partial charge in [-0.3, -0.25) is 4.79 Å². The Labute approximate surface area is 114 Å². The quantitative estimate of drug-likeness (QED) is 0.744. The van der Waals surface area contributed by atoms with Gasteiger partial charge >= 0.3 is 12.0 Å². The molecule has 0 bridgehead atoms. The predicted octanol–water partition coefficient (Wildman–Crippen LogP) is 1.68. The number of carbonyl (C=O) groups is 2. The van der Waals surface area contributed by atoms with Gasteiger partial charge in [0.1, 0.15) is 0 Å². The van der Waals surface area contributed by atoms with Gasteiger partial charge in [0.2, 0.25) is 0 Å². The number of hydrogen-bond acceptors (Lipinski definition) is 2. The molecule has 106 valence electrons. The number of carbonyl (C=O) groups excluding carboxylic acids is 1. The number of amides is 2. The van der Waals surface area contributed by atoms with E-state index in [1.165, 1.54) is 0 Å². The zero-order chi connectivity index (χ0) is 14.5. The second kappa shape index (κ2) is 6.46. The van der Waals surface area contributed by atoms with Gasteiger partial charge in [0.15, 0.2) is 0 Å². The Balaban J connectivity index is 2.62. The molecule has 5 heteroatoms. The molecule has 0 spiro atoms. The predicted molar refractivity (Wildman–Crippen MR) is 72.6 cm³/mol. The number of carboxylic acid groups (broad SMARTS) is 1. The van der Waals surface area contributed by atoms with Gasteiger partial charge in [-0.05, 0) is 19.3 Å². The minimum absolute atomic E-state index is 0.257. The van der Waals surface area contributed by atoms with Gasteiger partial charge < -0.3 is 15.3 Å². The van der Waals surface area contributed by atoms with E-state index in [9.17, 15) is 14.7 Å². The molecule has 0 aromatic heterocycles. The lowest BCUT2D eigenvalue weighted by atomic mass is 9.84. The number of aliphatic carboxylic acids is 1. The van der Waals surface area contributed by atoms with E-state index < -0.39 is 11.4 Å². The monoisotopic (exact) mass is 266 g/mol. The van der Waals surface area contributed by atoms with Crippen molar-refractivity contribution in [2.45, 2.75) is 45.6 Å². The summed E-state index contributed by atoms with van der Waals surface area (Å²) in [5.41, 5.74) is -0.798. The first kappa shape index (κ1) is 15.4. The SMILES string of the molecule is C#CC(CCC)NC(=O)N1CCC(CC)(C(=O)O)C1. The van der Waals surface area contributed by atoms with Crippen LogP contribution in [0.2, 0.25) is 0 Å². The molecule has 0 saturated carbocycles. The van der Waals surface area contributed by atoms with Crippen molar-refractivity contribution in [2.75, 3.05) is 13.1 Å². The Morgan fingerprint density at radius 1 is 1.53 bits per heavy atom. The van der Waals surface area contributed by atoms with E-state index in [2.05, 4.69) is 11.2 Å². The Hall–Kier alpha value is -1.70. The van der Waals surface area contributed by atoms with Crippen molar-refractivity contribution < 1.29 is 14.7 Å². The molecule has 19 heavy (non-hydrogen) atoms. The van der Waals surface area contributed by atoms with Crippen LogP contribution in [0, 0.1) is 17.8 Å². The molecular formula is C14H22N2O3. The minimum atomic E-state index is -0.827. The lowest BCUT2D eigenvalue weighted by Gasteiger charge is -2.24. The van der Waals surface area contributed by atoms with Crippen molar-refractivity contribution in [3.63, 3.8) is 0 Å². The summed E-state index contributed by atoms with van der Waals surface area (Å²) in [7, 11) is 0. The molecule has 0 aromatic carbocycles. The van der Waals surface area contributed by atoms with Gasteiger partial charge in [-0.1, -0.05) is 26.2 Å². The first-order chi connectivity index (χ1) is 8.99. The molecule has 5 nitrogen and oxygen atoms in total. The molecule has 1 aliphatic heterocycles. The van der Waals surface area contributed by atoms with Gasteiger partial charge in [-0.15, -0.1) is 6.42 Å². The molecule has 1 aliphatic rings. The van der Waals surface area contributed by atoms with Crippen LogP contribution in [0.1, 0.15) is 39.5 Å². The summed E-state index contributed by atoms with van der Waals surface area (Å²) >= 11 is 0. The van der Waals surface area contributed by atoms with Crippen LogP contribution in [-0.4, -0.2) is 41.1 Å². The van der Waals surface area contributed by atoms with Crippen LogP contribution in [0.3, 0.4) is 0 Å². The highest BCUT2D eigenvalue weighted by atomic mass is 16.4. The minimum Gasteiger partial charge on any atom is -0.481 e.